The van der Waals surface area contributed by atoms with Crippen molar-refractivity contribution < 1.29 is 34.5 Å². The molecule has 0 saturated heterocycles. The first-order valence-corrected chi connectivity index (χ1v) is 11.7. The summed E-state index contributed by atoms with van der Waals surface area (Å²) in [6.45, 7) is 4.70. The summed E-state index contributed by atoms with van der Waals surface area (Å²) in [5.74, 6) is -3.87. The van der Waals surface area contributed by atoms with Crippen molar-refractivity contribution in [2.24, 2.45) is 11.7 Å². The number of nitrogens with two attached hydrogens (primary N) is 1. The number of aromatic amines is 1. The molecule has 0 saturated carbocycles. The first-order chi connectivity index (χ1) is 17.4. The normalized spacial score (nSPS) is 15.2. The topological polar surface area (TPSA) is 220 Å². The lowest BCUT2D eigenvalue weighted by Gasteiger charge is -2.27. The number of phenols is 1. The van der Waals surface area contributed by atoms with Crippen molar-refractivity contribution in [1.29, 1.82) is 0 Å². The highest BCUT2D eigenvalue weighted by molar-refractivity contribution is 5.94. The van der Waals surface area contributed by atoms with Crippen LogP contribution in [0.2, 0.25) is 0 Å². The number of rotatable bonds is 13. The summed E-state index contributed by atoms with van der Waals surface area (Å²) in [6, 6.07) is 1.07. The van der Waals surface area contributed by atoms with Gasteiger partial charge in [-0.15, -0.1) is 0 Å². The van der Waals surface area contributed by atoms with Crippen LogP contribution in [0, 0.1) is 5.92 Å². The Hall–Kier alpha value is -3.97. The number of H-pyrrole nitrogens is 1. The number of aromatic hydroxyl groups is 1. The van der Waals surface area contributed by atoms with Crippen molar-refractivity contribution in [3.05, 3.63) is 48.0 Å². The number of hydrogen-bond acceptors (Lipinski definition) is 8. The van der Waals surface area contributed by atoms with E-state index in [9.17, 15) is 34.5 Å². The molecule has 5 unspecified atom stereocenters. The lowest BCUT2D eigenvalue weighted by molar-refractivity contribution is -0.142. The summed E-state index contributed by atoms with van der Waals surface area (Å²) < 4.78 is 0. The average molecular weight is 519 g/mol. The molecule has 2 rings (SSSR count). The Morgan fingerprint density at radius 1 is 0.946 bits per heavy atom. The molecular weight excluding hydrogens is 484 g/mol. The van der Waals surface area contributed by atoms with Gasteiger partial charge in [0.15, 0.2) is 0 Å². The minimum Gasteiger partial charge on any atom is -0.508 e. The van der Waals surface area contributed by atoms with Crippen LogP contribution >= 0.6 is 0 Å². The predicted molar refractivity (Wildman–Crippen MR) is 132 cm³/mol. The second-order valence-electron chi connectivity index (χ2n) is 9.11. The van der Waals surface area contributed by atoms with Crippen LogP contribution in [0.4, 0.5) is 0 Å². The fourth-order valence-corrected chi connectivity index (χ4v) is 3.43. The Labute approximate surface area is 213 Å². The molecule has 5 atom stereocenters. The maximum Gasteiger partial charge on any atom is 0.326 e. The summed E-state index contributed by atoms with van der Waals surface area (Å²) >= 11 is 0. The van der Waals surface area contributed by atoms with E-state index in [0.717, 1.165) is 0 Å². The van der Waals surface area contributed by atoms with Crippen molar-refractivity contribution in [1.82, 2.24) is 25.9 Å². The van der Waals surface area contributed by atoms with E-state index in [1.54, 1.807) is 26.0 Å². The van der Waals surface area contributed by atoms with Crippen LogP contribution in [0.3, 0.4) is 0 Å². The second-order valence-corrected chi connectivity index (χ2v) is 9.11. The highest BCUT2D eigenvalue weighted by Crippen LogP contribution is 2.13. The number of aliphatic hydroxyl groups excluding tert-OH is 1. The molecule has 202 valence electrons. The summed E-state index contributed by atoms with van der Waals surface area (Å²) in [5.41, 5.74) is 6.74. The van der Waals surface area contributed by atoms with Crippen molar-refractivity contribution in [3.63, 3.8) is 0 Å². The standard InChI is InChI=1S/C24H34N6O7/c1-12(2)20(30-22(34)19(25)13(3)31)23(35)28-17(8-14-4-6-16(32)7-5-14)21(33)29-18(24(36)37)9-15-10-26-11-27-15/h4-7,10-13,17-20,31-32H,8-9,25H2,1-3H3,(H,26,27)(H,28,35)(H,29,33)(H,30,34)(H,36,37). The van der Waals surface area contributed by atoms with Gasteiger partial charge in [0.05, 0.1) is 12.4 Å². The monoisotopic (exact) mass is 518 g/mol. The van der Waals surface area contributed by atoms with E-state index in [-0.39, 0.29) is 18.6 Å². The van der Waals surface area contributed by atoms with Crippen LogP contribution in [-0.4, -0.2) is 79.2 Å². The molecule has 13 nitrogen and oxygen atoms in total. The van der Waals surface area contributed by atoms with E-state index in [1.165, 1.54) is 31.6 Å². The van der Waals surface area contributed by atoms with E-state index in [1.807, 2.05) is 0 Å². The molecule has 13 heteroatoms. The summed E-state index contributed by atoms with van der Waals surface area (Å²) in [7, 11) is 0. The van der Waals surface area contributed by atoms with Crippen LogP contribution in [0.1, 0.15) is 32.0 Å². The zero-order valence-electron chi connectivity index (χ0n) is 20.8. The molecule has 2 aromatic rings. The molecule has 0 bridgehead atoms. The van der Waals surface area contributed by atoms with Gasteiger partial charge in [0.1, 0.15) is 29.9 Å². The predicted octanol–water partition coefficient (Wildman–Crippen LogP) is -1.20. The van der Waals surface area contributed by atoms with Gasteiger partial charge in [-0.3, -0.25) is 14.4 Å². The van der Waals surface area contributed by atoms with Gasteiger partial charge in [0, 0.05) is 24.7 Å². The number of nitrogens with zero attached hydrogens (tertiary/aromatic N) is 1. The number of nitrogens with one attached hydrogen (secondary N) is 4. The largest absolute Gasteiger partial charge is 0.508 e. The van der Waals surface area contributed by atoms with Gasteiger partial charge in [-0.1, -0.05) is 26.0 Å². The first-order valence-electron chi connectivity index (χ1n) is 11.7. The molecule has 9 N–H and O–H groups in total. The Morgan fingerprint density at radius 2 is 1.57 bits per heavy atom. The molecule has 0 aliphatic carbocycles. The van der Waals surface area contributed by atoms with E-state index >= 15 is 0 Å². The molecule has 0 radical (unpaired) electrons. The Bertz CT molecular complexity index is 1060. The SMILES string of the molecule is CC(C)C(NC(=O)C(N)C(C)O)C(=O)NC(Cc1ccc(O)cc1)C(=O)NC(Cc1cnc[nH]1)C(=O)O. The quantitative estimate of drug-likeness (QED) is 0.159. The summed E-state index contributed by atoms with van der Waals surface area (Å²) in [4.78, 5) is 57.1. The third-order valence-electron chi connectivity index (χ3n) is 5.67. The second kappa shape index (κ2) is 13.4. The van der Waals surface area contributed by atoms with Crippen LogP contribution in [0.25, 0.3) is 0 Å². The Morgan fingerprint density at radius 3 is 2.08 bits per heavy atom. The number of carbonyl (C=O) groups excluding carboxylic acids is 3. The van der Waals surface area contributed by atoms with E-state index < -0.39 is 59.9 Å². The number of carboxylic acids is 1. The maximum absolute atomic E-state index is 13.2. The van der Waals surface area contributed by atoms with Crippen LogP contribution < -0.4 is 21.7 Å². The minimum atomic E-state index is -1.31. The number of benzene rings is 1. The molecule has 1 heterocycles. The molecule has 3 amide bonds. The van der Waals surface area contributed by atoms with Crippen molar-refractivity contribution in [3.8, 4) is 5.75 Å². The fourth-order valence-electron chi connectivity index (χ4n) is 3.43. The average Bonchev–Trinajstić information content (AvgIpc) is 3.35. The number of carbonyl (C=O) groups is 4. The number of imidazole rings is 1. The Balaban J connectivity index is 2.25. The number of amides is 3. The highest BCUT2D eigenvalue weighted by atomic mass is 16.4. The van der Waals surface area contributed by atoms with Crippen molar-refractivity contribution >= 4 is 23.7 Å². The molecular formula is C24H34N6O7. The van der Waals surface area contributed by atoms with Gasteiger partial charge < -0.3 is 42.0 Å². The lowest BCUT2D eigenvalue weighted by atomic mass is 10.00. The zero-order chi connectivity index (χ0) is 27.7. The van der Waals surface area contributed by atoms with E-state index in [4.69, 9.17) is 5.73 Å². The van der Waals surface area contributed by atoms with E-state index in [0.29, 0.717) is 11.3 Å². The fraction of sp³-hybridized carbons (Fsp3) is 0.458. The number of aromatic nitrogens is 2. The van der Waals surface area contributed by atoms with Gasteiger partial charge in [-0.2, -0.15) is 0 Å². The highest BCUT2D eigenvalue weighted by Gasteiger charge is 2.32. The molecule has 0 spiro atoms. The van der Waals surface area contributed by atoms with Gasteiger partial charge in [0.2, 0.25) is 17.7 Å². The maximum atomic E-state index is 13.2. The number of aliphatic carboxylic acids is 1. The lowest BCUT2D eigenvalue weighted by Crippen LogP contribution is -2.59. The van der Waals surface area contributed by atoms with Gasteiger partial charge in [-0.25, -0.2) is 9.78 Å². The number of hydrogen-bond donors (Lipinski definition) is 8. The summed E-state index contributed by atoms with van der Waals surface area (Å²) in [6.07, 6.45) is 1.58. The van der Waals surface area contributed by atoms with Gasteiger partial charge in [-0.05, 0) is 30.5 Å². The summed E-state index contributed by atoms with van der Waals surface area (Å²) in [5, 5.41) is 36.3. The van der Waals surface area contributed by atoms with Crippen LogP contribution in [0.15, 0.2) is 36.8 Å². The Kier molecular flexibility index (Phi) is 10.6. The first kappa shape index (κ1) is 29.3. The number of carboxylic acid groups (broad SMARTS) is 1. The molecule has 37 heavy (non-hydrogen) atoms. The van der Waals surface area contributed by atoms with Crippen LogP contribution in [0.5, 0.6) is 5.75 Å². The third-order valence-corrected chi connectivity index (χ3v) is 5.67. The van der Waals surface area contributed by atoms with Crippen molar-refractivity contribution in [2.45, 2.75) is 63.9 Å². The molecule has 0 aliphatic heterocycles. The van der Waals surface area contributed by atoms with Gasteiger partial charge >= 0.3 is 5.97 Å². The minimum absolute atomic E-state index is 0.0105. The zero-order valence-corrected chi connectivity index (χ0v) is 20.8. The number of aliphatic hydroxyl groups is 1. The number of phenolic OH excluding ortho intramolecular Hbond substituents is 1. The van der Waals surface area contributed by atoms with Crippen molar-refractivity contribution in [2.75, 3.05) is 0 Å². The smallest absolute Gasteiger partial charge is 0.326 e. The molecule has 1 aromatic heterocycles. The third kappa shape index (κ3) is 8.88. The molecule has 0 fully saturated rings. The van der Waals surface area contributed by atoms with Gasteiger partial charge in [0.25, 0.3) is 0 Å². The molecule has 0 aliphatic rings. The molecule has 1 aromatic carbocycles. The van der Waals surface area contributed by atoms with E-state index in [2.05, 4.69) is 25.9 Å². The van der Waals surface area contributed by atoms with Crippen LogP contribution in [-0.2, 0) is 32.0 Å².